The lowest BCUT2D eigenvalue weighted by atomic mass is 9.98. The molecule has 50 heavy (non-hydrogen) atoms. The summed E-state index contributed by atoms with van der Waals surface area (Å²) in [6.45, 7) is 10.8. The Bertz CT molecular complexity index is 1800. The molecule has 0 amide bonds. The minimum Gasteiger partial charge on any atom is -0.377 e. The van der Waals surface area contributed by atoms with Crippen LogP contribution in [0.2, 0.25) is 0 Å². The van der Waals surface area contributed by atoms with Crippen molar-refractivity contribution < 1.29 is 0 Å². The first-order chi connectivity index (χ1) is 24.5. The summed E-state index contributed by atoms with van der Waals surface area (Å²) in [5, 5.41) is 13.3. The number of thiophene rings is 2. The van der Waals surface area contributed by atoms with E-state index in [0.29, 0.717) is 0 Å². The number of nitrogens with zero attached hydrogens (tertiary/aromatic N) is 2. The normalized spacial score (nSPS) is 15.1. The molecule has 2 aromatic carbocycles. The van der Waals surface area contributed by atoms with E-state index < -0.39 is 0 Å². The van der Waals surface area contributed by atoms with Crippen molar-refractivity contribution in [3.8, 4) is 20.9 Å². The van der Waals surface area contributed by atoms with Crippen molar-refractivity contribution in [3.63, 3.8) is 0 Å². The van der Waals surface area contributed by atoms with E-state index >= 15 is 0 Å². The molecule has 4 N–H and O–H groups in total. The molecule has 0 saturated carbocycles. The van der Waals surface area contributed by atoms with Crippen LogP contribution in [0.3, 0.4) is 0 Å². The van der Waals surface area contributed by atoms with Crippen molar-refractivity contribution in [2.24, 2.45) is 15.7 Å². The lowest BCUT2D eigenvalue weighted by molar-refractivity contribution is 0.594. The molecule has 0 radical (unpaired) electrons. The zero-order valence-electron chi connectivity index (χ0n) is 30.5. The Balaban J connectivity index is 1.42. The van der Waals surface area contributed by atoms with Crippen LogP contribution in [0, 0.1) is 6.92 Å². The lowest BCUT2D eigenvalue weighted by Gasteiger charge is -2.29. The number of benzene rings is 2. The maximum absolute atomic E-state index is 6.98. The van der Waals surface area contributed by atoms with Crippen LogP contribution in [0.25, 0.3) is 31.7 Å². The quantitative estimate of drug-likeness (QED) is 0.0786. The Labute approximate surface area is 316 Å². The summed E-state index contributed by atoms with van der Waals surface area (Å²) in [5.74, 6) is 0. The highest BCUT2D eigenvalue weighted by molar-refractivity contribution is 8.15. The molecule has 0 fully saturated rings. The molecule has 268 valence electrons. The van der Waals surface area contributed by atoms with Crippen LogP contribution < -0.4 is 16.4 Å². The number of anilines is 2. The van der Waals surface area contributed by atoms with Gasteiger partial charge in [-0.05, 0) is 62.6 Å². The number of aryl methyl sites for hydroxylation is 1. The van der Waals surface area contributed by atoms with Gasteiger partial charge in [0.1, 0.15) is 0 Å². The smallest absolute Gasteiger partial charge is 0.165 e. The first-order valence-corrected chi connectivity index (χ1v) is 22.4. The Morgan fingerprint density at radius 1 is 0.760 bits per heavy atom. The Morgan fingerprint density at radius 2 is 1.44 bits per heavy atom. The van der Waals surface area contributed by atoms with E-state index in [-0.39, 0.29) is 6.04 Å². The molecule has 2 aliphatic heterocycles. The number of amidine groups is 1. The van der Waals surface area contributed by atoms with Crippen LogP contribution in [-0.2, 0) is 0 Å². The number of aliphatic imine (C=N–C) groups is 2. The monoisotopic (exact) mass is 745 g/mol. The first kappa shape index (κ1) is 37.5. The minimum absolute atomic E-state index is 0.0693. The summed E-state index contributed by atoms with van der Waals surface area (Å²) in [6, 6.07) is 13.7. The molecule has 2 aliphatic rings. The number of hydrogen-bond acceptors (Lipinski definition) is 8. The summed E-state index contributed by atoms with van der Waals surface area (Å²) in [4.78, 5) is 17.0. The number of nitrogens with two attached hydrogens (primary N) is 1. The number of hydrogen-bond donors (Lipinski definition) is 3. The van der Waals surface area contributed by atoms with Gasteiger partial charge in [-0.1, -0.05) is 115 Å². The third-order valence-electron chi connectivity index (χ3n) is 9.58. The van der Waals surface area contributed by atoms with Crippen LogP contribution in [0.15, 0.2) is 56.2 Å². The predicted octanol–water partition coefficient (Wildman–Crippen LogP) is 13.9. The van der Waals surface area contributed by atoms with Gasteiger partial charge in [0.05, 0.1) is 21.8 Å². The Hall–Kier alpha value is -2.30. The molecule has 9 heteroatoms. The fourth-order valence-corrected chi connectivity index (χ4v) is 11.0. The van der Waals surface area contributed by atoms with Crippen molar-refractivity contribution in [1.29, 1.82) is 0 Å². The van der Waals surface area contributed by atoms with Crippen LogP contribution in [0.5, 0.6) is 0 Å². The zero-order valence-corrected chi connectivity index (χ0v) is 33.7. The van der Waals surface area contributed by atoms with Gasteiger partial charge in [0, 0.05) is 65.1 Å². The van der Waals surface area contributed by atoms with Crippen molar-refractivity contribution >= 4 is 83.6 Å². The average Bonchev–Trinajstić information content (AvgIpc) is 3.78. The van der Waals surface area contributed by atoms with Gasteiger partial charge in [-0.3, -0.25) is 4.99 Å². The van der Waals surface area contributed by atoms with E-state index in [2.05, 4.69) is 74.7 Å². The fraction of sp³-hybridized carbons (Fsp3) is 0.512. The third-order valence-corrected chi connectivity index (χ3v) is 14.0. The average molecular weight is 746 g/mol. The molecule has 0 bridgehead atoms. The van der Waals surface area contributed by atoms with Crippen molar-refractivity contribution in [2.45, 2.75) is 133 Å². The van der Waals surface area contributed by atoms with E-state index in [1.807, 2.05) is 34.4 Å². The first-order valence-electron chi connectivity index (χ1n) is 19.1. The van der Waals surface area contributed by atoms with Crippen molar-refractivity contribution in [2.75, 3.05) is 23.7 Å². The van der Waals surface area contributed by atoms with Crippen LogP contribution in [0.1, 0.15) is 116 Å². The molecule has 0 spiro atoms. The summed E-state index contributed by atoms with van der Waals surface area (Å²) in [7, 11) is 0. The van der Waals surface area contributed by atoms with Crippen LogP contribution in [-0.4, -0.2) is 29.3 Å². The van der Waals surface area contributed by atoms with Gasteiger partial charge in [-0.15, -0.1) is 22.7 Å². The summed E-state index contributed by atoms with van der Waals surface area (Å²) in [6.07, 6.45) is 17.2. The molecule has 2 aromatic heterocycles. The maximum Gasteiger partial charge on any atom is 0.165 e. The SMILES string of the molecule is CCCCCCCCN=C1Nc2cc(-c3ccc(NCCCC)s3)c3c4c(cc(-c5ccc(C)s5)c(c24)S1)N=C(C(N)CCCCCCC)S3. The fourth-order valence-electron chi connectivity index (χ4n) is 6.74. The summed E-state index contributed by atoms with van der Waals surface area (Å²) >= 11 is 7.32. The maximum atomic E-state index is 6.98. The zero-order chi connectivity index (χ0) is 34.9. The topological polar surface area (TPSA) is 74.8 Å². The van der Waals surface area contributed by atoms with Crippen LogP contribution in [0.4, 0.5) is 16.4 Å². The number of thioether (sulfide) groups is 2. The van der Waals surface area contributed by atoms with Gasteiger partial charge >= 0.3 is 0 Å². The Kier molecular flexibility index (Phi) is 13.8. The number of rotatable bonds is 20. The second-order valence-corrected chi connectivity index (χ2v) is 18.1. The Morgan fingerprint density at radius 3 is 2.20 bits per heavy atom. The van der Waals surface area contributed by atoms with Gasteiger partial charge in [-0.25, -0.2) is 4.99 Å². The van der Waals surface area contributed by atoms with E-state index in [9.17, 15) is 0 Å². The van der Waals surface area contributed by atoms with Gasteiger partial charge in [0.2, 0.25) is 0 Å². The lowest BCUT2D eigenvalue weighted by Crippen LogP contribution is -2.29. The van der Waals surface area contributed by atoms with Crippen LogP contribution >= 0.6 is 46.2 Å². The van der Waals surface area contributed by atoms with E-state index in [1.165, 1.54) is 122 Å². The molecule has 0 aliphatic carbocycles. The highest BCUT2D eigenvalue weighted by Gasteiger charge is 2.31. The molecule has 4 heterocycles. The van der Waals surface area contributed by atoms with Gasteiger partial charge < -0.3 is 16.4 Å². The highest BCUT2D eigenvalue weighted by atomic mass is 32.2. The summed E-state index contributed by atoms with van der Waals surface area (Å²) < 4.78 is 0. The third kappa shape index (κ3) is 9.00. The molecule has 1 unspecified atom stereocenters. The van der Waals surface area contributed by atoms with Gasteiger partial charge in [-0.2, -0.15) is 0 Å². The minimum atomic E-state index is -0.0693. The van der Waals surface area contributed by atoms with Crippen molar-refractivity contribution in [1.82, 2.24) is 0 Å². The van der Waals surface area contributed by atoms with Crippen molar-refractivity contribution in [3.05, 3.63) is 41.3 Å². The second kappa shape index (κ2) is 18.5. The molecule has 0 saturated heterocycles. The predicted molar refractivity (Wildman–Crippen MR) is 228 cm³/mol. The molecule has 4 aromatic rings. The van der Waals surface area contributed by atoms with Gasteiger partial charge in [0.25, 0.3) is 0 Å². The molecular weight excluding hydrogens is 691 g/mol. The second-order valence-electron chi connectivity index (χ2n) is 13.7. The standard InChI is InChI=1S/C41H55N5S4/c1-5-8-11-13-15-17-24-44-41-46-32-26-29(34-21-22-35(48-34)43-23-10-7-3)38-36-31(45-40(49-38)30(42)18-16-14-12-9-6-2)25-28(39(50-41)37(32)36)33-20-19-27(4)47-33/h19-22,25-26,30,43H,5-18,23-24,42H2,1-4H3,(H,44,46). The van der Waals surface area contributed by atoms with E-state index in [0.717, 1.165) is 53.9 Å². The largest absolute Gasteiger partial charge is 0.377 e. The molecular formula is C41H55N5S4. The number of nitrogens with one attached hydrogen (secondary N) is 2. The molecule has 5 nitrogen and oxygen atoms in total. The number of unbranched alkanes of at least 4 members (excludes halogenated alkanes) is 10. The highest BCUT2D eigenvalue weighted by Crippen LogP contribution is 2.56. The van der Waals surface area contributed by atoms with Gasteiger partial charge in [0.15, 0.2) is 5.17 Å². The van der Waals surface area contributed by atoms with E-state index in [4.69, 9.17) is 15.7 Å². The van der Waals surface area contributed by atoms with E-state index in [1.54, 1.807) is 11.8 Å². The molecule has 1 atom stereocenters. The molecule has 6 rings (SSSR count). The summed E-state index contributed by atoms with van der Waals surface area (Å²) in [5.41, 5.74) is 11.7.